The molecule has 0 atom stereocenters. The summed E-state index contributed by atoms with van der Waals surface area (Å²) in [5.74, 6) is 1.01. The molecule has 2 aromatic carbocycles. The fourth-order valence-corrected chi connectivity index (χ4v) is 3.80. The Kier molecular flexibility index (Phi) is 4.09. The molecule has 2 heterocycles. The summed E-state index contributed by atoms with van der Waals surface area (Å²) in [7, 11) is 0. The van der Waals surface area contributed by atoms with Gasteiger partial charge in [0.15, 0.2) is 5.16 Å². The number of carbonyl (C=O) groups excluding carboxylic acids is 1. The first-order chi connectivity index (χ1) is 12.1. The third kappa shape index (κ3) is 3.20. The third-order valence-corrected chi connectivity index (χ3v) is 5.48. The predicted octanol–water partition coefficient (Wildman–Crippen LogP) is 4.52. The standard InChI is InChI=1S/C20H19N3OS/c1-13-3-4-16(11-14(13)2)19(24)21-17-7-5-15(6-8-17)18-12-23-9-10-25-20(23)22-18/h3-8,11-12H,9-10H2,1-2H3,(H,21,24). The van der Waals surface area contributed by atoms with E-state index in [0.29, 0.717) is 5.56 Å². The second kappa shape index (κ2) is 6.41. The van der Waals surface area contributed by atoms with Crippen LogP contribution < -0.4 is 5.32 Å². The van der Waals surface area contributed by atoms with Crippen LogP contribution in [0.5, 0.6) is 0 Å². The number of anilines is 1. The molecule has 1 aliphatic rings. The quantitative estimate of drug-likeness (QED) is 0.756. The van der Waals surface area contributed by atoms with Gasteiger partial charge in [-0.3, -0.25) is 4.79 Å². The van der Waals surface area contributed by atoms with Gasteiger partial charge in [0.2, 0.25) is 0 Å². The molecule has 0 spiro atoms. The van der Waals surface area contributed by atoms with Crippen molar-refractivity contribution in [2.45, 2.75) is 25.5 Å². The molecule has 1 amide bonds. The van der Waals surface area contributed by atoms with Crippen LogP contribution in [0, 0.1) is 13.8 Å². The van der Waals surface area contributed by atoms with Crippen molar-refractivity contribution in [1.29, 1.82) is 0 Å². The lowest BCUT2D eigenvalue weighted by molar-refractivity contribution is 0.102. The van der Waals surface area contributed by atoms with Crippen molar-refractivity contribution in [3.63, 3.8) is 0 Å². The number of aryl methyl sites for hydroxylation is 3. The van der Waals surface area contributed by atoms with E-state index < -0.39 is 0 Å². The number of nitrogens with one attached hydrogen (secondary N) is 1. The number of hydrogen-bond acceptors (Lipinski definition) is 3. The number of amides is 1. The Morgan fingerprint density at radius 2 is 1.92 bits per heavy atom. The van der Waals surface area contributed by atoms with Gasteiger partial charge in [0.1, 0.15) is 0 Å². The van der Waals surface area contributed by atoms with E-state index in [9.17, 15) is 4.79 Å². The highest BCUT2D eigenvalue weighted by Gasteiger charge is 2.15. The summed E-state index contributed by atoms with van der Waals surface area (Å²) in [4.78, 5) is 17.1. The van der Waals surface area contributed by atoms with Crippen molar-refractivity contribution in [2.75, 3.05) is 11.1 Å². The number of rotatable bonds is 3. The zero-order valence-corrected chi connectivity index (χ0v) is 15.1. The second-order valence-corrected chi connectivity index (χ2v) is 7.34. The highest BCUT2D eigenvalue weighted by atomic mass is 32.2. The Labute approximate surface area is 151 Å². The van der Waals surface area contributed by atoms with Gasteiger partial charge in [-0.15, -0.1) is 0 Å². The van der Waals surface area contributed by atoms with Gasteiger partial charge in [-0.1, -0.05) is 30.0 Å². The van der Waals surface area contributed by atoms with Gasteiger partial charge in [0.25, 0.3) is 5.91 Å². The average Bonchev–Trinajstić information content (AvgIpc) is 3.20. The zero-order chi connectivity index (χ0) is 17.4. The first-order valence-corrected chi connectivity index (χ1v) is 9.28. The van der Waals surface area contributed by atoms with Crippen LogP contribution in [0.1, 0.15) is 21.5 Å². The number of aromatic nitrogens is 2. The molecule has 0 bridgehead atoms. The molecular weight excluding hydrogens is 330 g/mol. The smallest absolute Gasteiger partial charge is 0.255 e. The Morgan fingerprint density at radius 3 is 2.64 bits per heavy atom. The molecule has 0 aliphatic carbocycles. The van der Waals surface area contributed by atoms with E-state index in [2.05, 4.69) is 21.1 Å². The topological polar surface area (TPSA) is 46.9 Å². The van der Waals surface area contributed by atoms with E-state index in [1.165, 1.54) is 5.56 Å². The Balaban J connectivity index is 1.49. The average molecular weight is 349 g/mol. The maximum absolute atomic E-state index is 12.4. The van der Waals surface area contributed by atoms with Crippen LogP contribution >= 0.6 is 11.8 Å². The van der Waals surface area contributed by atoms with Crippen LogP contribution in [0.3, 0.4) is 0 Å². The molecule has 1 aromatic heterocycles. The number of fused-ring (bicyclic) bond motifs is 1. The van der Waals surface area contributed by atoms with Crippen LogP contribution in [-0.2, 0) is 6.54 Å². The summed E-state index contributed by atoms with van der Waals surface area (Å²) in [5, 5.41) is 4.04. The molecule has 1 aliphatic heterocycles. The molecule has 3 aromatic rings. The summed E-state index contributed by atoms with van der Waals surface area (Å²) < 4.78 is 2.19. The summed E-state index contributed by atoms with van der Waals surface area (Å²) in [5.41, 5.74) is 5.81. The molecule has 0 unspecified atom stereocenters. The highest BCUT2D eigenvalue weighted by Crippen LogP contribution is 2.29. The van der Waals surface area contributed by atoms with E-state index in [1.54, 1.807) is 11.8 Å². The largest absolute Gasteiger partial charge is 0.325 e. The molecule has 0 radical (unpaired) electrons. The lowest BCUT2D eigenvalue weighted by atomic mass is 10.1. The number of carbonyl (C=O) groups is 1. The molecular formula is C20H19N3OS. The summed E-state index contributed by atoms with van der Waals surface area (Å²) in [6.45, 7) is 5.08. The predicted molar refractivity (Wildman–Crippen MR) is 102 cm³/mol. The summed E-state index contributed by atoms with van der Waals surface area (Å²) in [6.07, 6.45) is 2.10. The zero-order valence-electron chi connectivity index (χ0n) is 14.2. The van der Waals surface area contributed by atoms with Gasteiger partial charge in [-0.2, -0.15) is 0 Å². The van der Waals surface area contributed by atoms with Crippen LogP contribution in [0.2, 0.25) is 0 Å². The van der Waals surface area contributed by atoms with Crippen molar-refractivity contribution >= 4 is 23.4 Å². The highest BCUT2D eigenvalue weighted by molar-refractivity contribution is 7.99. The molecule has 1 N–H and O–H groups in total. The van der Waals surface area contributed by atoms with E-state index in [-0.39, 0.29) is 5.91 Å². The van der Waals surface area contributed by atoms with Gasteiger partial charge in [-0.05, 0) is 49.2 Å². The van der Waals surface area contributed by atoms with Crippen LogP contribution in [0.4, 0.5) is 5.69 Å². The molecule has 0 saturated carbocycles. The van der Waals surface area contributed by atoms with Crippen molar-refractivity contribution in [3.8, 4) is 11.3 Å². The van der Waals surface area contributed by atoms with Gasteiger partial charge < -0.3 is 9.88 Å². The molecule has 5 heteroatoms. The van der Waals surface area contributed by atoms with Crippen molar-refractivity contribution in [3.05, 3.63) is 65.4 Å². The van der Waals surface area contributed by atoms with Gasteiger partial charge in [-0.25, -0.2) is 4.98 Å². The van der Waals surface area contributed by atoms with Crippen LogP contribution in [0.25, 0.3) is 11.3 Å². The first kappa shape index (κ1) is 16.0. The Hall–Kier alpha value is -2.53. The number of nitrogens with zero attached hydrogens (tertiary/aromatic N) is 2. The fourth-order valence-electron chi connectivity index (χ4n) is 2.86. The number of thioether (sulfide) groups is 1. The summed E-state index contributed by atoms with van der Waals surface area (Å²) in [6, 6.07) is 13.6. The molecule has 0 saturated heterocycles. The Bertz CT molecular complexity index is 923. The van der Waals surface area contributed by atoms with E-state index in [0.717, 1.165) is 40.0 Å². The number of imidazole rings is 1. The maximum Gasteiger partial charge on any atom is 0.255 e. The minimum Gasteiger partial charge on any atom is -0.325 e. The molecule has 126 valence electrons. The second-order valence-electron chi connectivity index (χ2n) is 6.28. The van der Waals surface area contributed by atoms with E-state index in [1.807, 2.05) is 56.3 Å². The minimum atomic E-state index is -0.0896. The van der Waals surface area contributed by atoms with Crippen LogP contribution in [0.15, 0.2) is 53.8 Å². The summed E-state index contributed by atoms with van der Waals surface area (Å²) >= 11 is 1.79. The van der Waals surface area contributed by atoms with E-state index in [4.69, 9.17) is 0 Å². The van der Waals surface area contributed by atoms with Crippen molar-refractivity contribution in [1.82, 2.24) is 9.55 Å². The number of benzene rings is 2. The minimum absolute atomic E-state index is 0.0896. The first-order valence-electron chi connectivity index (χ1n) is 8.29. The maximum atomic E-state index is 12.4. The molecule has 0 fully saturated rings. The molecule has 25 heavy (non-hydrogen) atoms. The lowest BCUT2D eigenvalue weighted by Gasteiger charge is -2.08. The van der Waals surface area contributed by atoms with Crippen LogP contribution in [-0.4, -0.2) is 21.2 Å². The number of hydrogen-bond donors (Lipinski definition) is 1. The van der Waals surface area contributed by atoms with Gasteiger partial charge in [0, 0.05) is 35.3 Å². The molecule has 4 nitrogen and oxygen atoms in total. The Morgan fingerprint density at radius 1 is 1.12 bits per heavy atom. The van der Waals surface area contributed by atoms with Crippen molar-refractivity contribution in [2.24, 2.45) is 0 Å². The third-order valence-electron chi connectivity index (χ3n) is 4.51. The van der Waals surface area contributed by atoms with Crippen molar-refractivity contribution < 1.29 is 4.79 Å². The van der Waals surface area contributed by atoms with Gasteiger partial charge in [0.05, 0.1) is 5.69 Å². The monoisotopic (exact) mass is 349 g/mol. The van der Waals surface area contributed by atoms with Gasteiger partial charge >= 0.3 is 0 Å². The normalized spacial score (nSPS) is 12.9. The fraction of sp³-hybridized carbons (Fsp3) is 0.200. The SMILES string of the molecule is Cc1ccc(C(=O)Nc2ccc(-c3cn4c(n3)SCC4)cc2)cc1C. The lowest BCUT2D eigenvalue weighted by Crippen LogP contribution is -2.12. The molecule has 4 rings (SSSR count). The van der Waals surface area contributed by atoms with E-state index >= 15 is 0 Å².